The van der Waals surface area contributed by atoms with Crippen LogP contribution in [0, 0.1) is 17.1 Å². The van der Waals surface area contributed by atoms with Crippen LogP contribution in [0.25, 0.3) is 22.0 Å². The first-order valence-corrected chi connectivity index (χ1v) is 8.68. The summed E-state index contributed by atoms with van der Waals surface area (Å²) >= 11 is 0. The van der Waals surface area contributed by atoms with Crippen molar-refractivity contribution in [1.29, 1.82) is 5.26 Å². The second-order valence-electron chi connectivity index (χ2n) is 6.64. The molecule has 0 saturated heterocycles. The van der Waals surface area contributed by atoms with Crippen LogP contribution >= 0.6 is 0 Å². The van der Waals surface area contributed by atoms with E-state index in [1.807, 2.05) is 6.07 Å². The van der Waals surface area contributed by atoms with Crippen LogP contribution in [0.2, 0.25) is 0 Å². The topological polar surface area (TPSA) is 98.9 Å². The molecule has 2 aromatic heterocycles. The number of nitrogens with zero attached hydrogens (tertiary/aromatic N) is 4. The zero-order chi connectivity index (χ0) is 20.7. The molecule has 4 aromatic rings. The van der Waals surface area contributed by atoms with Crippen LogP contribution in [-0.4, -0.2) is 14.3 Å². The Morgan fingerprint density at radius 2 is 1.86 bits per heavy atom. The van der Waals surface area contributed by atoms with Gasteiger partial charge in [-0.3, -0.25) is 9.48 Å². The Hall–Kier alpha value is -4.12. The molecule has 0 radical (unpaired) electrons. The summed E-state index contributed by atoms with van der Waals surface area (Å²) in [5, 5.41) is 13.8. The van der Waals surface area contributed by atoms with Crippen molar-refractivity contribution in [1.82, 2.24) is 14.3 Å². The molecular formula is C21H16FN5O2. The van der Waals surface area contributed by atoms with Crippen LogP contribution in [0.1, 0.15) is 5.56 Å². The third kappa shape index (κ3) is 3.19. The van der Waals surface area contributed by atoms with E-state index in [9.17, 15) is 9.18 Å². The van der Waals surface area contributed by atoms with Gasteiger partial charge in [-0.15, -0.1) is 0 Å². The third-order valence-corrected chi connectivity index (χ3v) is 4.53. The Morgan fingerprint density at radius 1 is 1.10 bits per heavy atom. The maximum Gasteiger partial charge on any atom is 0.261 e. The number of ether oxygens (including phenoxy) is 1. The van der Waals surface area contributed by atoms with E-state index in [1.165, 1.54) is 16.7 Å². The molecule has 2 N–H and O–H groups in total. The van der Waals surface area contributed by atoms with Gasteiger partial charge in [0, 0.05) is 43.3 Å². The van der Waals surface area contributed by atoms with Gasteiger partial charge in [-0.05, 0) is 36.4 Å². The van der Waals surface area contributed by atoms with Gasteiger partial charge >= 0.3 is 0 Å². The van der Waals surface area contributed by atoms with Crippen LogP contribution in [0.5, 0.6) is 11.5 Å². The van der Waals surface area contributed by atoms with Gasteiger partial charge in [0.05, 0.1) is 17.0 Å². The van der Waals surface area contributed by atoms with Gasteiger partial charge < -0.3 is 15.0 Å². The summed E-state index contributed by atoms with van der Waals surface area (Å²) in [6, 6.07) is 10.8. The molecule has 0 fully saturated rings. The van der Waals surface area contributed by atoms with Gasteiger partial charge in [-0.1, -0.05) is 0 Å². The maximum absolute atomic E-state index is 14.3. The van der Waals surface area contributed by atoms with Crippen LogP contribution in [0.4, 0.5) is 10.1 Å². The predicted molar refractivity (Wildman–Crippen MR) is 107 cm³/mol. The predicted octanol–water partition coefficient (Wildman–Crippen LogP) is 3.32. The van der Waals surface area contributed by atoms with Gasteiger partial charge in [-0.2, -0.15) is 10.4 Å². The minimum absolute atomic E-state index is 0.0305. The van der Waals surface area contributed by atoms with Crippen LogP contribution in [-0.2, 0) is 14.1 Å². The molecule has 0 amide bonds. The van der Waals surface area contributed by atoms with Crippen molar-refractivity contribution >= 4 is 16.6 Å². The zero-order valence-electron chi connectivity index (χ0n) is 15.7. The molecule has 144 valence electrons. The first-order valence-electron chi connectivity index (χ1n) is 8.68. The van der Waals surface area contributed by atoms with Crippen molar-refractivity contribution in [3.8, 4) is 28.7 Å². The number of aryl methyl sites for hydroxylation is 2. The molecule has 4 rings (SSSR count). The number of pyridine rings is 1. The highest BCUT2D eigenvalue weighted by molar-refractivity contribution is 5.94. The standard InChI is InChI=1S/C21H16FN5O2/c1-26-10-15(20-16(21(26)28)11-27(2)25-20)14-8-13(24)4-6-18(14)29-19-5-3-12(9-23)7-17(19)22/h3-8,10-11H,24H2,1-2H3. The van der Waals surface area contributed by atoms with E-state index in [1.54, 1.807) is 49.4 Å². The smallest absolute Gasteiger partial charge is 0.261 e. The van der Waals surface area contributed by atoms with Crippen molar-refractivity contribution in [3.63, 3.8) is 0 Å². The maximum atomic E-state index is 14.3. The Kier molecular flexibility index (Phi) is 4.28. The lowest BCUT2D eigenvalue weighted by molar-refractivity contribution is 0.443. The lowest BCUT2D eigenvalue weighted by Gasteiger charge is -2.14. The van der Waals surface area contributed by atoms with E-state index < -0.39 is 5.82 Å². The fourth-order valence-corrected chi connectivity index (χ4v) is 3.16. The quantitative estimate of drug-likeness (QED) is 0.542. The number of nitrogens with two attached hydrogens (primary N) is 1. The second kappa shape index (κ2) is 6.80. The fraction of sp³-hybridized carbons (Fsp3) is 0.0952. The normalized spacial score (nSPS) is 10.8. The number of benzene rings is 2. The number of halogens is 1. The number of rotatable bonds is 3. The average molecular weight is 389 g/mol. The van der Waals surface area contributed by atoms with Gasteiger partial charge in [-0.25, -0.2) is 4.39 Å². The average Bonchev–Trinajstić information content (AvgIpc) is 3.09. The van der Waals surface area contributed by atoms with Gasteiger partial charge in [0.1, 0.15) is 11.3 Å². The monoisotopic (exact) mass is 389 g/mol. The summed E-state index contributed by atoms with van der Waals surface area (Å²) in [6.07, 6.45) is 3.29. The van der Waals surface area contributed by atoms with Crippen molar-refractivity contribution in [2.45, 2.75) is 0 Å². The number of fused-ring (bicyclic) bond motifs is 1. The molecule has 0 aliphatic heterocycles. The number of hydrogen-bond donors (Lipinski definition) is 1. The Balaban J connectivity index is 1.92. The van der Waals surface area contributed by atoms with Crippen molar-refractivity contribution < 1.29 is 9.13 Å². The molecule has 2 aromatic carbocycles. The summed E-state index contributed by atoms with van der Waals surface area (Å²) in [4.78, 5) is 12.5. The van der Waals surface area contributed by atoms with E-state index in [-0.39, 0.29) is 16.9 Å². The molecule has 8 heteroatoms. The Labute approximate surface area is 165 Å². The number of nitriles is 1. The Bertz CT molecular complexity index is 1360. The highest BCUT2D eigenvalue weighted by atomic mass is 19.1. The highest BCUT2D eigenvalue weighted by Crippen LogP contribution is 2.38. The SMILES string of the molecule is Cn1cc2c(=O)n(C)cc(-c3cc(N)ccc3Oc3ccc(C#N)cc3F)c2n1. The van der Waals surface area contributed by atoms with Crippen LogP contribution < -0.4 is 16.0 Å². The molecule has 0 saturated carbocycles. The lowest BCUT2D eigenvalue weighted by Crippen LogP contribution is -2.16. The van der Waals surface area contributed by atoms with Gasteiger partial charge in [0.15, 0.2) is 11.6 Å². The molecule has 0 unspecified atom stereocenters. The summed E-state index contributed by atoms with van der Waals surface area (Å²) in [5.41, 5.74) is 8.16. The summed E-state index contributed by atoms with van der Waals surface area (Å²) < 4.78 is 23.2. The lowest BCUT2D eigenvalue weighted by atomic mass is 10.0. The number of nitrogen functional groups attached to an aromatic ring is 1. The van der Waals surface area contributed by atoms with E-state index in [2.05, 4.69) is 5.10 Å². The zero-order valence-corrected chi connectivity index (χ0v) is 15.7. The minimum Gasteiger partial charge on any atom is -0.454 e. The largest absolute Gasteiger partial charge is 0.454 e. The summed E-state index contributed by atoms with van der Waals surface area (Å²) in [5.74, 6) is -0.346. The third-order valence-electron chi connectivity index (χ3n) is 4.53. The van der Waals surface area contributed by atoms with E-state index in [4.69, 9.17) is 15.7 Å². The van der Waals surface area contributed by atoms with E-state index in [0.29, 0.717) is 33.5 Å². The first kappa shape index (κ1) is 18.3. The molecule has 0 aliphatic rings. The van der Waals surface area contributed by atoms with Crippen LogP contribution in [0.15, 0.2) is 53.6 Å². The molecule has 0 aliphatic carbocycles. The van der Waals surface area contributed by atoms with Gasteiger partial charge in [0.25, 0.3) is 5.56 Å². The van der Waals surface area contributed by atoms with Crippen molar-refractivity contribution in [3.05, 3.63) is 70.5 Å². The number of aromatic nitrogens is 3. The molecule has 29 heavy (non-hydrogen) atoms. The summed E-state index contributed by atoms with van der Waals surface area (Å²) in [7, 11) is 3.37. The van der Waals surface area contributed by atoms with E-state index in [0.717, 1.165) is 6.07 Å². The van der Waals surface area contributed by atoms with Crippen molar-refractivity contribution in [2.24, 2.45) is 14.1 Å². The summed E-state index contributed by atoms with van der Waals surface area (Å²) in [6.45, 7) is 0. The molecule has 7 nitrogen and oxygen atoms in total. The number of anilines is 1. The van der Waals surface area contributed by atoms with Crippen molar-refractivity contribution in [2.75, 3.05) is 5.73 Å². The number of hydrogen-bond acceptors (Lipinski definition) is 5. The second-order valence-corrected chi connectivity index (χ2v) is 6.64. The highest BCUT2D eigenvalue weighted by Gasteiger charge is 2.18. The molecular weight excluding hydrogens is 373 g/mol. The molecule has 2 heterocycles. The Morgan fingerprint density at radius 3 is 2.59 bits per heavy atom. The molecule has 0 atom stereocenters. The molecule has 0 bridgehead atoms. The first-order chi connectivity index (χ1) is 13.9. The van der Waals surface area contributed by atoms with Gasteiger partial charge in [0.2, 0.25) is 0 Å². The van der Waals surface area contributed by atoms with E-state index >= 15 is 0 Å². The fourth-order valence-electron chi connectivity index (χ4n) is 3.16. The van der Waals surface area contributed by atoms with Crippen LogP contribution in [0.3, 0.4) is 0 Å². The molecule has 0 spiro atoms. The minimum atomic E-state index is -0.657.